The maximum absolute atomic E-state index is 14.6. The molecule has 0 unspecified atom stereocenters. The summed E-state index contributed by atoms with van der Waals surface area (Å²) in [6, 6.07) is 2.18. The van der Waals surface area contributed by atoms with Crippen molar-refractivity contribution in [2.75, 3.05) is 18.0 Å². The van der Waals surface area contributed by atoms with Crippen molar-refractivity contribution in [3.63, 3.8) is 0 Å². The van der Waals surface area contributed by atoms with Gasteiger partial charge >= 0.3 is 0 Å². The van der Waals surface area contributed by atoms with Gasteiger partial charge in [0.2, 0.25) is 0 Å². The van der Waals surface area contributed by atoms with Crippen LogP contribution in [0.15, 0.2) is 24.9 Å². The number of nitrogens with one attached hydrogen (secondary N) is 1. The quantitative estimate of drug-likeness (QED) is 0.740. The molecule has 4 heteroatoms. The van der Waals surface area contributed by atoms with Gasteiger partial charge in [0, 0.05) is 30.9 Å². The summed E-state index contributed by atoms with van der Waals surface area (Å²) in [4.78, 5) is 6.26. The summed E-state index contributed by atoms with van der Waals surface area (Å²) in [5, 5.41) is 3.28. The summed E-state index contributed by atoms with van der Waals surface area (Å²) in [6.45, 7) is 10.1. The lowest BCUT2D eigenvalue weighted by Crippen LogP contribution is -2.28. The molecule has 1 aliphatic carbocycles. The highest BCUT2D eigenvalue weighted by atomic mass is 19.1. The second kappa shape index (κ2) is 6.84. The third kappa shape index (κ3) is 3.79. The molecule has 20 heavy (non-hydrogen) atoms. The van der Waals surface area contributed by atoms with E-state index in [1.807, 2.05) is 11.0 Å². The lowest BCUT2D eigenvalue weighted by atomic mass is 10.2. The molecule has 0 atom stereocenters. The normalized spacial score (nSPS) is 14.6. The average Bonchev–Trinajstić information content (AvgIpc) is 3.22. The van der Waals surface area contributed by atoms with Crippen LogP contribution in [-0.4, -0.2) is 24.1 Å². The maximum atomic E-state index is 14.6. The zero-order valence-electron chi connectivity index (χ0n) is 12.4. The van der Waals surface area contributed by atoms with Crippen LogP contribution in [-0.2, 0) is 6.54 Å². The average molecular weight is 277 g/mol. The van der Waals surface area contributed by atoms with Gasteiger partial charge in [0.1, 0.15) is 0 Å². The predicted molar refractivity (Wildman–Crippen MR) is 81.3 cm³/mol. The Kier molecular flexibility index (Phi) is 5.12. The number of anilines is 1. The smallest absolute Gasteiger partial charge is 0.170 e. The van der Waals surface area contributed by atoms with Crippen molar-refractivity contribution in [3.05, 3.63) is 36.3 Å². The van der Waals surface area contributed by atoms with E-state index in [2.05, 4.69) is 30.7 Å². The molecule has 1 fully saturated rings. The fourth-order valence-electron chi connectivity index (χ4n) is 2.24. The van der Waals surface area contributed by atoms with Crippen LogP contribution in [0.2, 0.25) is 0 Å². The molecular weight excluding hydrogens is 253 g/mol. The molecule has 1 heterocycles. The number of rotatable bonds is 8. The van der Waals surface area contributed by atoms with Crippen LogP contribution < -0.4 is 10.2 Å². The van der Waals surface area contributed by atoms with Gasteiger partial charge in [-0.15, -0.1) is 6.58 Å². The molecule has 0 bridgehead atoms. The first-order chi connectivity index (χ1) is 9.63. The Morgan fingerprint density at radius 2 is 2.30 bits per heavy atom. The molecule has 0 aliphatic heterocycles. The fraction of sp³-hybridized carbons (Fsp3) is 0.562. The van der Waals surface area contributed by atoms with E-state index in [4.69, 9.17) is 0 Å². The van der Waals surface area contributed by atoms with Crippen LogP contribution in [0.3, 0.4) is 0 Å². The molecule has 1 aliphatic rings. The van der Waals surface area contributed by atoms with Gasteiger partial charge in [-0.2, -0.15) is 0 Å². The van der Waals surface area contributed by atoms with Gasteiger partial charge < -0.3 is 10.2 Å². The summed E-state index contributed by atoms with van der Waals surface area (Å²) < 4.78 is 14.6. The first kappa shape index (κ1) is 15.0. The van der Waals surface area contributed by atoms with E-state index >= 15 is 0 Å². The molecule has 0 radical (unpaired) electrons. The molecule has 2 rings (SSSR count). The summed E-state index contributed by atoms with van der Waals surface area (Å²) in [5.74, 6) is 0.830. The number of pyridine rings is 1. The molecule has 1 saturated carbocycles. The second-order valence-corrected chi connectivity index (χ2v) is 5.80. The second-order valence-electron chi connectivity index (χ2n) is 5.80. The van der Waals surface area contributed by atoms with Crippen molar-refractivity contribution in [1.29, 1.82) is 0 Å². The molecule has 3 nitrogen and oxygen atoms in total. The fourth-order valence-corrected chi connectivity index (χ4v) is 2.24. The van der Waals surface area contributed by atoms with Crippen LogP contribution in [0.25, 0.3) is 0 Å². The number of hydrogen-bond donors (Lipinski definition) is 1. The molecule has 0 aromatic carbocycles. The van der Waals surface area contributed by atoms with Gasteiger partial charge in [-0.3, -0.25) is 0 Å². The van der Waals surface area contributed by atoms with Crippen LogP contribution in [0.4, 0.5) is 10.2 Å². The molecular formula is C16H24FN3. The minimum Gasteiger partial charge on any atom is -0.347 e. The molecule has 0 amide bonds. The van der Waals surface area contributed by atoms with E-state index in [1.54, 1.807) is 12.3 Å². The van der Waals surface area contributed by atoms with E-state index in [-0.39, 0.29) is 5.82 Å². The Labute approximate surface area is 120 Å². The lowest BCUT2D eigenvalue weighted by Gasteiger charge is -2.23. The molecule has 1 N–H and O–H groups in total. The topological polar surface area (TPSA) is 28.2 Å². The minimum absolute atomic E-state index is 0.197. The van der Waals surface area contributed by atoms with Crippen molar-refractivity contribution in [1.82, 2.24) is 10.3 Å². The summed E-state index contributed by atoms with van der Waals surface area (Å²) in [7, 11) is 0. The van der Waals surface area contributed by atoms with Crippen LogP contribution in [0, 0.1) is 11.7 Å². The Morgan fingerprint density at radius 3 is 2.90 bits per heavy atom. The zero-order valence-corrected chi connectivity index (χ0v) is 12.4. The SMILES string of the molecule is C=CCN(c1nccc(CNCC(C)C)c1F)C1CC1. The van der Waals surface area contributed by atoms with Gasteiger partial charge in [-0.05, 0) is 31.4 Å². The van der Waals surface area contributed by atoms with E-state index in [1.165, 1.54) is 0 Å². The molecule has 1 aromatic rings. The highest BCUT2D eigenvalue weighted by Crippen LogP contribution is 2.32. The molecule has 110 valence electrons. The van der Waals surface area contributed by atoms with Crippen LogP contribution >= 0.6 is 0 Å². The Morgan fingerprint density at radius 1 is 1.55 bits per heavy atom. The number of aromatic nitrogens is 1. The molecule has 0 saturated heterocycles. The first-order valence-corrected chi connectivity index (χ1v) is 7.35. The lowest BCUT2D eigenvalue weighted by molar-refractivity contribution is 0.532. The van der Waals surface area contributed by atoms with Gasteiger partial charge in [0.15, 0.2) is 11.6 Å². The van der Waals surface area contributed by atoms with Gasteiger partial charge in [0.25, 0.3) is 0 Å². The number of halogens is 1. The van der Waals surface area contributed by atoms with Gasteiger partial charge in [-0.25, -0.2) is 9.37 Å². The third-order valence-corrected chi connectivity index (χ3v) is 3.40. The summed E-state index contributed by atoms with van der Waals surface area (Å²) in [5.41, 5.74) is 0.686. The van der Waals surface area contributed by atoms with E-state index in [0.29, 0.717) is 36.4 Å². The molecule has 0 spiro atoms. The van der Waals surface area contributed by atoms with Gasteiger partial charge in [-0.1, -0.05) is 19.9 Å². The van der Waals surface area contributed by atoms with E-state index in [9.17, 15) is 4.39 Å². The Hall–Kier alpha value is -1.42. The molecule has 1 aromatic heterocycles. The Balaban J connectivity index is 2.11. The van der Waals surface area contributed by atoms with E-state index in [0.717, 1.165) is 19.4 Å². The van der Waals surface area contributed by atoms with E-state index < -0.39 is 0 Å². The Bertz CT molecular complexity index is 455. The van der Waals surface area contributed by atoms with Crippen molar-refractivity contribution in [2.45, 2.75) is 39.3 Å². The van der Waals surface area contributed by atoms with Gasteiger partial charge in [0.05, 0.1) is 0 Å². The third-order valence-electron chi connectivity index (χ3n) is 3.40. The zero-order chi connectivity index (χ0) is 14.5. The first-order valence-electron chi connectivity index (χ1n) is 7.35. The highest BCUT2D eigenvalue weighted by molar-refractivity contribution is 5.46. The monoisotopic (exact) mass is 277 g/mol. The minimum atomic E-state index is -0.197. The van der Waals surface area contributed by atoms with Crippen molar-refractivity contribution in [2.24, 2.45) is 5.92 Å². The van der Waals surface area contributed by atoms with Crippen LogP contribution in [0.1, 0.15) is 32.3 Å². The van der Waals surface area contributed by atoms with Crippen molar-refractivity contribution >= 4 is 5.82 Å². The van der Waals surface area contributed by atoms with Crippen LogP contribution in [0.5, 0.6) is 0 Å². The van der Waals surface area contributed by atoms with Crippen molar-refractivity contribution < 1.29 is 4.39 Å². The predicted octanol–water partition coefficient (Wildman–Crippen LogP) is 3.12. The largest absolute Gasteiger partial charge is 0.347 e. The number of nitrogens with zero attached hydrogens (tertiary/aromatic N) is 2. The van der Waals surface area contributed by atoms with Crippen molar-refractivity contribution in [3.8, 4) is 0 Å². The maximum Gasteiger partial charge on any atom is 0.170 e. The summed E-state index contributed by atoms with van der Waals surface area (Å²) >= 11 is 0. The number of hydrogen-bond acceptors (Lipinski definition) is 3. The highest BCUT2D eigenvalue weighted by Gasteiger charge is 2.31. The standard InChI is InChI=1S/C16H24FN3/c1-4-9-20(14-5-6-14)16-15(17)13(7-8-19-16)11-18-10-12(2)3/h4,7-8,12,14,18H,1,5-6,9-11H2,2-3H3. The summed E-state index contributed by atoms with van der Waals surface area (Å²) in [6.07, 6.45) is 5.74.